The highest BCUT2D eigenvalue weighted by molar-refractivity contribution is 5.95. The van der Waals surface area contributed by atoms with Crippen molar-refractivity contribution in [2.24, 2.45) is 0 Å². The second kappa shape index (κ2) is 5.32. The van der Waals surface area contributed by atoms with E-state index in [1.165, 1.54) is 17.8 Å². The van der Waals surface area contributed by atoms with E-state index in [2.05, 4.69) is 20.4 Å². The molecule has 0 saturated heterocycles. The summed E-state index contributed by atoms with van der Waals surface area (Å²) in [6, 6.07) is 4.92. The van der Waals surface area contributed by atoms with Crippen molar-refractivity contribution in [3.8, 4) is 0 Å². The maximum atomic E-state index is 11.6. The van der Waals surface area contributed by atoms with Gasteiger partial charge < -0.3 is 15.4 Å². The number of pyridine rings is 1. The number of nitrogens with zero attached hydrogens (tertiary/aromatic N) is 3. The summed E-state index contributed by atoms with van der Waals surface area (Å²) in [5.41, 5.74) is 1.60. The van der Waals surface area contributed by atoms with Gasteiger partial charge in [0.15, 0.2) is 5.69 Å². The molecule has 112 valence electrons. The Kier molecular flexibility index (Phi) is 3.34. The van der Waals surface area contributed by atoms with Crippen LogP contribution in [-0.4, -0.2) is 43.8 Å². The molecular formula is C14H13N5O3. The first-order valence-corrected chi connectivity index (χ1v) is 6.54. The minimum Gasteiger partial charge on any atom is -0.477 e. The number of H-pyrrole nitrogens is 1. The van der Waals surface area contributed by atoms with Gasteiger partial charge in [-0.1, -0.05) is 0 Å². The van der Waals surface area contributed by atoms with Crippen LogP contribution in [0.15, 0.2) is 30.6 Å². The third kappa shape index (κ3) is 2.30. The largest absolute Gasteiger partial charge is 0.477 e. The Bertz CT molecular complexity index is 864. The van der Waals surface area contributed by atoms with Crippen molar-refractivity contribution < 1.29 is 14.7 Å². The average Bonchev–Trinajstić information content (AvgIpc) is 3.13. The summed E-state index contributed by atoms with van der Waals surface area (Å²) in [7, 11) is 1.47. The molecule has 1 amide bonds. The lowest BCUT2D eigenvalue weighted by molar-refractivity contribution is 0.0683. The molecule has 0 unspecified atom stereocenters. The Hall–Kier alpha value is -3.16. The molecule has 3 N–H and O–H groups in total. The summed E-state index contributed by atoms with van der Waals surface area (Å²) in [6.07, 6.45) is 3.40. The SMILES string of the molecule is CNC(=O)c1cc(C(=O)O)n(Cc2ccnc3[nH]ccc23)n1. The standard InChI is InChI=1S/C14H13N5O3/c1-15-13(20)10-6-11(14(21)22)19(18-10)7-8-2-4-16-12-9(8)3-5-17-12/h2-6H,7H2,1H3,(H,15,20)(H,16,17)(H,21,22). The lowest BCUT2D eigenvalue weighted by atomic mass is 10.2. The van der Waals surface area contributed by atoms with Crippen LogP contribution < -0.4 is 5.32 Å². The molecule has 0 atom stereocenters. The first kappa shape index (κ1) is 13.8. The molecule has 0 aliphatic heterocycles. The Morgan fingerprint density at radius 3 is 2.95 bits per heavy atom. The smallest absolute Gasteiger partial charge is 0.354 e. The molecule has 3 rings (SSSR count). The quantitative estimate of drug-likeness (QED) is 0.661. The van der Waals surface area contributed by atoms with Crippen LogP contribution in [0.2, 0.25) is 0 Å². The van der Waals surface area contributed by atoms with E-state index in [0.29, 0.717) is 5.65 Å². The monoisotopic (exact) mass is 299 g/mol. The summed E-state index contributed by atoms with van der Waals surface area (Å²) in [5, 5.41) is 16.7. The van der Waals surface area contributed by atoms with Gasteiger partial charge in [-0.15, -0.1) is 0 Å². The second-order valence-electron chi connectivity index (χ2n) is 4.67. The van der Waals surface area contributed by atoms with Crippen molar-refractivity contribution in [2.45, 2.75) is 6.54 Å². The number of carboxylic acids is 1. The Balaban J connectivity index is 2.04. The van der Waals surface area contributed by atoms with Crippen LogP contribution in [0.5, 0.6) is 0 Å². The molecule has 22 heavy (non-hydrogen) atoms. The average molecular weight is 299 g/mol. The number of carbonyl (C=O) groups is 2. The van der Waals surface area contributed by atoms with Crippen molar-refractivity contribution in [2.75, 3.05) is 7.05 Å². The van der Waals surface area contributed by atoms with Gasteiger partial charge in [-0.3, -0.25) is 9.48 Å². The van der Waals surface area contributed by atoms with E-state index in [4.69, 9.17) is 0 Å². The van der Waals surface area contributed by atoms with E-state index in [9.17, 15) is 14.7 Å². The molecule has 0 radical (unpaired) electrons. The molecule has 8 nitrogen and oxygen atoms in total. The Morgan fingerprint density at radius 2 is 2.23 bits per heavy atom. The number of aromatic carboxylic acids is 1. The molecule has 0 fully saturated rings. The third-order valence-corrected chi connectivity index (χ3v) is 3.33. The van der Waals surface area contributed by atoms with Crippen LogP contribution in [0.3, 0.4) is 0 Å². The molecule has 0 aliphatic rings. The number of amides is 1. The van der Waals surface area contributed by atoms with E-state index in [0.717, 1.165) is 10.9 Å². The van der Waals surface area contributed by atoms with Crippen molar-refractivity contribution in [3.63, 3.8) is 0 Å². The highest BCUT2D eigenvalue weighted by Crippen LogP contribution is 2.17. The van der Waals surface area contributed by atoms with Crippen LogP contribution in [0.1, 0.15) is 26.5 Å². The van der Waals surface area contributed by atoms with Crippen LogP contribution in [0, 0.1) is 0 Å². The zero-order valence-corrected chi connectivity index (χ0v) is 11.7. The van der Waals surface area contributed by atoms with Crippen molar-refractivity contribution >= 4 is 22.9 Å². The Morgan fingerprint density at radius 1 is 1.41 bits per heavy atom. The summed E-state index contributed by atoms with van der Waals surface area (Å²) < 4.78 is 1.30. The van der Waals surface area contributed by atoms with Gasteiger partial charge in [-0.05, 0) is 17.7 Å². The number of aromatic nitrogens is 4. The fourth-order valence-corrected chi connectivity index (χ4v) is 2.27. The van der Waals surface area contributed by atoms with Gasteiger partial charge in [-0.25, -0.2) is 9.78 Å². The molecule has 0 bridgehead atoms. The van der Waals surface area contributed by atoms with Crippen molar-refractivity contribution in [1.29, 1.82) is 0 Å². The fourth-order valence-electron chi connectivity index (χ4n) is 2.27. The van der Waals surface area contributed by atoms with E-state index in [-0.39, 0.29) is 17.9 Å². The predicted octanol–water partition coefficient (Wildman–Crippen LogP) is 0.865. The first-order valence-electron chi connectivity index (χ1n) is 6.54. The lowest BCUT2D eigenvalue weighted by Gasteiger charge is -2.05. The molecule has 3 aromatic rings. The molecule has 8 heteroatoms. The second-order valence-corrected chi connectivity index (χ2v) is 4.67. The fraction of sp³-hybridized carbons (Fsp3) is 0.143. The number of carboxylic acid groups (broad SMARTS) is 1. The van der Waals surface area contributed by atoms with Crippen molar-refractivity contribution in [3.05, 3.63) is 47.5 Å². The predicted molar refractivity (Wildman–Crippen MR) is 77.8 cm³/mol. The van der Waals surface area contributed by atoms with E-state index in [1.54, 1.807) is 18.5 Å². The number of carbonyl (C=O) groups excluding carboxylic acids is 1. The number of nitrogens with one attached hydrogen (secondary N) is 2. The van der Waals surface area contributed by atoms with Gasteiger partial charge >= 0.3 is 5.97 Å². The number of hydrogen-bond acceptors (Lipinski definition) is 4. The number of aromatic amines is 1. The maximum absolute atomic E-state index is 11.6. The molecule has 3 heterocycles. The summed E-state index contributed by atoms with van der Waals surface area (Å²) in [5.74, 6) is -1.57. The maximum Gasteiger partial charge on any atom is 0.354 e. The van der Waals surface area contributed by atoms with E-state index < -0.39 is 11.9 Å². The number of hydrogen-bond donors (Lipinski definition) is 3. The van der Waals surface area contributed by atoms with E-state index >= 15 is 0 Å². The first-order chi connectivity index (χ1) is 10.6. The number of rotatable bonds is 4. The van der Waals surface area contributed by atoms with Gasteiger partial charge in [-0.2, -0.15) is 5.10 Å². The Labute approximate surface area is 124 Å². The minimum absolute atomic E-state index is 0.0425. The molecule has 3 aromatic heterocycles. The van der Waals surface area contributed by atoms with Crippen LogP contribution in [-0.2, 0) is 6.54 Å². The summed E-state index contributed by atoms with van der Waals surface area (Å²) in [4.78, 5) is 30.1. The molecular weight excluding hydrogens is 286 g/mol. The zero-order chi connectivity index (χ0) is 15.7. The topological polar surface area (TPSA) is 113 Å². The van der Waals surface area contributed by atoms with Gasteiger partial charge in [0.05, 0.1) is 6.54 Å². The van der Waals surface area contributed by atoms with Crippen molar-refractivity contribution in [1.82, 2.24) is 25.1 Å². The molecule has 0 saturated carbocycles. The number of fused-ring (bicyclic) bond motifs is 1. The van der Waals surface area contributed by atoms with Gasteiger partial charge in [0, 0.05) is 30.9 Å². The normalized spacial score (nSPS) is 10.8. The molecule has 0 aliphatic carbocycles. The zero-order valence-electron chi connectivity index (χ0n) is 11.7. The summed E-state index contributed by atoms with van der Waals surface area (Å²) in [6.45, 7) is 0.232. The van der Waals surface area contributed by atoms with E-state index in [1.807, 2.05) is 6.07 Å². The lowest BCUT2D eigenvalue weighted by Crippen LogP contribution is -2.18. The van der Waals surface area contributed by atoms with Gasteiger partial charge in [0.2, 0.25) is 0 Å². The molecule has 0 aromatic carbocycles. The van der Waals surface area contributed by atoms with Gasteiger partial charge in [0.25, 0.3) is 5.91 Å². The van der Waals surface area contributed by atoms with Crippen LogP contribution >= 0.6 is 0 Å². The highest BCUT2D eigenvalue weighted by atomic mass is 16.4. The highest BCUT2D eigenvalue weighted by Gasteiger charge is 2.18. The summed E-state index contributed by atoms with van der Waals surface area (Å²) >= 11 is 0. The minimum atomic E-state index is -1.14. The van der Waals surface area contributed by atoms with Crippen LogP contribution in [0.4, 0.5) is 0 Å². The van der Waals surface area contributed by atoms with Crippen LogP contribution in [0.25, 0.3) is 11.0 Å². The van der Waals surface area contributed by atoms with Gasteiger partial charge in [0.1, 0.15) is 11.3 Å². The third-order valence-electron chi connectivity index (χ3n) is 3.33. The molecule has 0 spiro atoms.